The molecule has 1 saturated heterocycles. The smallest absolute Gasteiger partial charge is 0.409 e. The molecule has 0 spiro atoms. The maximum absolute atomic E-state index is 12.2. The fraction of sp³-hybridized carbons (Fsp3) is 0.579. The van der Waals surface area contributed by atoms with Crippen LogP contribution in [0.25, 0.3) is 0 Å². The van der Waals surface area contributed by atoms with Gasteiger partial charge in [0.1, 0.15) is 0 Å². The third-order valence-electron chi connectivity index (χ3n) is 4.58. The normalized spacial score (nSPS) is 16.2. The zero-order valence-electron chi connectivity index (χ0n) is 15.5. The Hall–Kier alpha value is -1.60. The third-order valence-corrected chi connectivity index (χ3v) is 5.10. The van der Waals surface area contributed by atoms with Gasteiger partial charge in [0, 0.05) is 29.6 Å². The summed E-state index contributed by atoms with van der Waals surface area (Å²) < 4.78 is 6.06. The summed E-state index contributed by atoms with van der Waals surface area (Å²) in [6.45, 7) is 5.81. The third kappa shape index (κ3) is 6.29. The molecule has 1 aliphatic rings. The van der Waals surface area contributed by atoms with Crippen molar-refractivity contribution in [2.24, 2.45) is 0 Å². The van der Waals surface area contributed by atoms with Crippen LogP contribution in [0.1, 0.15) is 44.7 Å². The van der Waals surface area contributed by atoms with Crippen molar-refractivity contribution < 1.29 is 14.3 Å². The van der Waals surface area contributed by atoms with Crippen LogP contribution in [-0.2, 0) is 9.53 Å². The van der Waals surface area contributed by atoms with E-state index in [1.807, 2.05) is 12.1 Å². The molecule has 1 aromatic rings. The molecule has 7 heteroatoms. The van der Waals surface area contributed by atoms with Crippen molar-refractivity contribution in [1.29, 1.82) is 0 Å². The number of amides is 2. The van der Waals surface area contributed by atoms with E-state index in [0.29, 0.717) is 19.7 Å². The second kappa shape index (κ2) is 10.5. The van der Waals surface area contributed by atoms with Gasteiger partial charge in [0.05, 0.1) is 13.2 Å². The predicted octanol–water partition coefficient (Wildman–Crippen LogP) is 3.23. The van der Waals surface area contributed by atoms with Gasteiger partial charge in [-0.3, -0.25) is 4.79 Å². The van der Waals surface area contributed by atoms with Crippen LogP contribution in [0.2, 0.25) is 0 Å². The van der Waals surface area contributed by atoms with Gasteiger partial charge in [-0.1, -0.05) is 35.0 Å². The molecule has 1 aromatic carbocycles. The summed E-state index contributed by atoms with van der Waals surface area (Å²) in [5.41, 5.74) is 1.17. The molecule has 0 aliphatic carbocycles. The average Bonchev–Trinajstić information content (AvgIpc) is 2.64. The van der Waals surface area contributed by atoms with E-state index < -0.39 is 0 Å². The highest BCUT2D eigenvalue weighted by molar-refractivity contribution is 9.10. The lowest BCUT2D eigenvalue weighted by atomic mass is 10.0. The number of nitrogens with zero attached hydrogens (tertiary/aromatic N) is 1. The van der Waals surface area contributed by atoms with Crippen molar-refractivity contribution in [2.75, 3.05) is 26.2 Å². The Balaban J connectivity index is 1.73. The highest BCUT2D eigenvalue weighted by atomic mass is 79.9. The van der Waals surface area contributed by atoms with Gasteiger partial charge < -0.3 is 20.3 Å². The molecule has 2 amide bonds. The first-order chi connectivity index (χ1) is 12.5. The zero-order chi connectivity index (χ0) is 18.9. The van der Waals surface area contributed by atoms with Crippen molar-refractivity contribution in [3.8, 4) is 0 Å². The molecule has 2 rings (SSSR count). The summed E-state index contributed by atoms with van der Waals surface area (Å²) >= 11 is 3.44. The molecule has 0 aromatic heterocycles. The first-order valence-corrected chi connectivity index (χ1v) is 10.0. The van der Waals surface area contributed by atoms with Crippen molar-refractivity contribution in [3.05, 3.63) is 34.3 Å². The molecule has 0 saturated carbocycles. The van der Waals surface area contributed by atoms with Crippen LogP contribution in [-0.4, -0.2) is 49.2 Å². The topological polar surface area (TPSA) is 70.7 Å². The van der Waals surface area contributed by atoms with Gasteiger partial charge in [-0.25, -0.2) is 4.79 Å². The highest BCUT2D eigenvalue weighted by Crippen LogP contribution is 2.19. The number of rotatable bonds is 7. The first kappa shape index (κ1) is 20.7. The summed E-state index contributed by atoms with van der Waals surface area (Å²) in [5.74, 6) is -0.00449. The monoisotopic (exact) mass is 425 g/mol. The second-order valence-electron chi connectivity index (χ2n) is 6.42. The summed E-state index contributed by atoms with van der Waals surface area (Å²) in [4.78, 5) is 25.6. The van der Waals surface area contributed by atoms with Crippen LogP contribution in [0.4, 0.5) is 4.79 Å². The molecule has 0 radical (unpaired) electrons. The van der Waals surface area contributed by atoms with Gasteiger partial charge in [0.25, 0.3) is 0 Å². The van der Waals surface area contributed by atoms with Crippen LogP contribution >= 0.6 is 15.9 Å². The number of likely N-dealkylation sites (tertiary alicyclic amines) is 1. The molecule has 6 nitrogen and oxygen atoms in total. The molecule has 0 unspecified atom stereocenters. The van der Waals surface area contributed by atoms with Crippen LogP contribution in [0.5, 0.6) is 0 Å². The standard InChI is InChI=1S/C19H28BrN3O3/c1-3-17(14-5-7-15(20)8-6-14)21-13-18(24)22-16-9-11-23(12-10-16)19(25)26-4-2/h5-8,16-17,21H,3-4,9-13H2,1-2H3,(H,22,24)/t17-/m1/s1. The van der Waals surface area contributed by atoms with Gasteiger partial charge >= 0.3 is 6.09 Å². The summed E-state index contributed by atoms with van der Waals surface area (Å²) in [5, 5.41) is 6.39. The van der Waals surface area contributed by atoms with E-state index in [9.17, 15) is 9.59 Å². The fourth-order valence-electron chi connectivity index (χ4n) is 3.11. The quantitative estimate of drug-likeness (QED) is 0.703. The minimum Gasteiger partial charge on any atom is -0.450 e. The lowest BCUT2D eigenvalue weighted by Crippen LogP contribution is -2.48. The van der Waals surface area contributed by atoms with E-state index >= 15 is 0 Å². The van der Waals surface area contributed by atoms with Crippen molar-refractivity contribution in [1.82, 2.24) is 15.5 Å². The number of hydrogen-bond acceptors (Lipinski definition) is 4. The Morgan fingerprint density at radius 1 is 1.23 bits per heavy atom. The molecule has 1 aliphatic heterocycles. The van der Waals surface area contributed by atoms with E-state index in [4.69, 9.17) is 4.74 Å². The van der Waals surface area contributed by atoms with Gasteiger partial charge in [0.2, 0.25) is 5.91 Å². The lowest BCUT2D eigenvalue weighted by Gasteiger charge is -2.31. The number of carbonyl (C=O) groups is 2. The Kier molecular flexibility index (Phi) is 8.38. The molecule has 144 valence electrons. The average molecular weight is 426 g/mol. The van der Waals surface area contributed by atoms with Gasteiger partial charge in [0.15, 0.2) is 0 Å². The molecule has 2 N–H and O–H groups in total. The molecule has 26 heavy (non-hydrogen) atoms. The van der Waals surface area contributed by atoms with Crippen molar-refractivity contribution in [2.45, 2.75) is 45.2 Å². The van der Waals surface area contributed by atoms with E-state index in [2.05, 4.69) is 45.6 Å². The number of hydrogen-bond donors (Lipinski definition) is 2. The SMILES string of the molecule is CCOC(=O)N1CCC(NC(=O)CN[C@H](CC)c2ccc(Br)cc2)CC1. The number of nitrogens with one attached hydrogen (secondary N) is 2. The Bertz CT molecular complexity index is 586. The highest BCUT2D eigenvalue weighted by Gasteiger charge is 2.24. The number of carbonyl (C=O) groups excluding carboxylic acids is 2. The molecule has 1 fully saturated rings. The summed E-state index contributed by atoms with van der Waals surface area (Å²) in [7, 11) is 0. The molecule has 1 heterocycles. The summed E-state index contributed by atoms with van der Waals surface area (Å²) in [6.07, 6.45) is 2.16. The molecule has 1 atom stereocenters. The van der Waals surface area contributed by atoms with Crippen molar-refractivity contribution >= 4 is 27.9 Å². The Morgan fingerprint density at radius 2 is 1.88 bits per heavy atom. The van der Waals surface area contributed by atoms with Crippen LogP contribution < -0.4 is 10.6 Å². The first-order valence-electron chi connectivity index (χ1n) is 9.23. The predicted molar refractivity (Wildman–Crippen MR) is 105 cm³/mol. The van der Waals surface area contributed by atoms with E-state index in [1.54, 1.807) is 11.8 Å². The fourth-order valence-corrected chi connectivity index (χ4v) is 3.37. The van der Waals surface area contributed by atoms with Crippen molar-refractivity contribution in [3.63, 3.8) is 0 Å². The van der Waals surface area contributed by atoms with E-state index in [-0.39, 0.29) is 30.6 Å². The molecule has 0 bridgehead atoms. The van der Waals surface area contributed by atoms with E-state index in [0.717, 1.165) is 23.7 Å². The number of piperidine rings is 1. The maximum atomic E-state index is 12.2. The number of halogens is 1. The van der Waals surface area contributed by atoms with Crippen LogP contribution in [0, 0.1) is 0 Å². The van der Waals surface area contributed by atoms with E-state index in [1.165, 1.54) is 5.56 Å². The lowest BCUT2D eigenvalue weighted by molar-refractivity contribution is -0.121. The zero-order valence-corrected chi connectivity index (χ0v) is 17.0. The number of ether oxygens (including phenoxy) is 1. The van der Waals surface area contributed by atoms with Gasteiger partial charge in [-0.2, -0.15) is 0 Å². The van der Waals surface area contributed by atoms with Gasteiger partial charge in [-0.15, -0.1) is 0 Å². The maximum Gasteiger partial charge on any atom is 0.409 e. The largest absolute Gasteiger partial charge is 0.450 e. The second-order valence-corrected chi connectivity index (χ2v) is 7.34. The Morgan fingerprint density at radius 3 is 2.46 bits per heavy atom. The molecular weight excluding hydrogens is 398 g/mol. The van der Waals surface area contributed by atoms with Crippen LogP contribution in [0.15, 0.2) is 28.7 Å². The Labute approximate surface area is 163 Å². The van der Waals surface area contributed by atoms with Crippen LogP contribution in [0.3, 0.4) is 0 Å². The summed E-state index contributed by atoms with van der Waals surface area (Å²) in [6, 6.07) is 8.42. The molecular formula is C19H28BrN3O3. The minimum atomic E-state index is -0.265. The number of benzene rings is 1. The van der Waals surface area contributed by atoms with Gasteiger partial charge in [-0.05, 0) is 43.9 Å². The minimum absolute atomic E-state index is 0.00449.